The molecule has 0 aliphatic rings. The zero-order valence-electron chi connectivity index (χ0n) is 10.5. The third-order valence-electron chi connectivity index (χ3n) is 2.31. The molecular formula is C13H18N2O2S. The van der Waals surface area contributed by atoms with E-state index in [-0.39, 0.29) is 5.03 Å². The molecule has 0 unspecified atom stereocenters. The normalized spacial score (nSPS) is 12.2. The van der Waals surface area contributed by atoms with E-state index < -0.39 is 10.0 Å². The second-order valence-corrected chi connectivity index (χ2v) is 5.41. The number of allylic oxidation sites excluding steroid dienone is 2. The van der Waals surface area contributed by atoms with Gasteiger partial charge < -0.3 is 0 Å². The molecule has 0 aliphatic heterocycles. The number of sulfonamides is 1. The van der Waals surface area contributed by atoms with Gasteiger partial charge in [-0.3, -0.25) is 4.72 Å². The minimum absolute atomic E-state index is 0.00763. The van der Waals surface area contributed by atoms with E-state index in [0.29, 0.717) is 5.70 Å². The molecule has 1 aromatic heterocycles. The van der Waals surface area contributed by atoms with Gasteiger partial charge in [-0.2, -0.15) is 8.42 Å². The molecule has 0 saturated carbocycles. The number of aromatic nitrogens is 1. The van der Waals surface area contributed by atoms with Gasteiger partial charge in [-0.25, -0.2) is 4.98 Å². The van der Waals surface area contributed by atoms with Crippen LogP contribution in [-0.4, -0.2) is 13.4 Å². The van der Waals surface area contributed by atoms with Gasteiger partial charge >= 0.3 is 0 Å². The summed E-state index contributed by atoms with van der Waals surface area (Å²) in [7, 11) is -3.61. The Morgan fingerprint density at radius 3 is 2.83 bits per heavy atom. The third kappa shape index (κ3) is 4.33. The Bertz CT molecular complexity index is 507. The lowest BCUT2D eigenvalue weighted by Crippen LogP contribution is -2.23. The largest absolute Gasteiger partial charge is 0.279 e. The fraction of sp³-hybridized carbons (Fsp3) is 0.308. The van der Waals surface area contributed by atoms with Crippen molar-refractivity contribution in [1.29, 1.82) is 0 Å². The first-order valence-electron chi connectivity index (χ1n) is 5.86. The van der Waals surface area contributed by atoms with E-state index in [1.807, 2.05) is 6.08 Å². The van der Waals surface area contributed by atoms with Crippen LogP contribution in [0.3, 0.4) is 0 Å². The summed E-state index contributed by atoms with van der Waals surface area (Å²) in [5.74, 6) is 0. The quantitative estimate of drug-likeness (QED) is 0.609. The molecule has 1 aromatic rings. The topological polar surface area (TPSA) is 59.1 Å². The summed E-state index contributed by atoms with van der Waals surface area (Å²) in [5, 5.41) is 0.00763. The van der Waals surface area contributed by atoms with Gasteiger partial charge in [0.1, 0.15) is 0 Å². The Balaban J connectivity index is 2.82. The maximum Gasteiger partial charge on any atom is 0.279 e. The molecule has 0 amide bonds. The molecule has 0 spiro atoms. The fourth-order valence-corrected chi connectivity index (χ4v) is 2.38. The summed E-state index contributed by atoms with van der Waals surface area (Å²) in [6.07, 6.45) is 7.68. The zero-order valence-corrected chi connectivity index (χ0v) is 11.3. The molecule has 18 heavy (non-hydrogen) atoms. The number of nitrogens with one attached hydrogen (secondary N) is 1. The smallest absolute Gasteiger partial charge is 0.279 e. The summed E-state index contributed by atoms with van der Waals surface area (Å²) in [4.78, 5) is 3.82. The lowest BCUT2D eigenvalue weighted by molar-refractivity contribution is 0.585. The molecule has 1 N–H and O–H groups in total. The molecule has 0 aromatic carbocycles. The number of hydrogen-bond acceptors (Lipinski definition) is 3. The Labute approximate surface area is 109 Å². The second-order valence-electron chi connectivity index (χ2n) is 3.78. The summed E-state index contributed by atoms with van der Waals surface area (Å²) >= 11 is 0. The van der Waals surface area contributed by atoms with E-state index in [9.17, 15) is 8.42 Å². The molecule has 5 heteroatoms. The predicted octanol–water partition coefficient (Wildman–Crippen LogP) is 2.62. The minimum atomic E-state index is -3.61. The molecule has 0 aliphatic carbocycles. The second kappa shape index (κ2) is 6.96. The number of pyridine rings is 1. The van der Waals surface area contributed by atoms with Crippen molar-refractivity contribution in [2.24, 2.45) is 0 Å². The van der Waals surface area contributed by atoms with Crippen LogP contribution in [0.15, 0.2) is 53.8 Å². The van der Waals surface area contributed by atoms with E-state index in [2.05, 4.69) is 23.2 Å². The van der Waals surface area contributed by atoms with E-state index in [4.69, 9.17) is 0 Å². The average Bonchev–Trinajstić information content (AvgIpc) is 2.38. The predicted molar refractivity (Wildman–Crippen MR) is 72.4 cm³/mol. The van der Waals surface area contributed by atoms with Crippen molar-refractivity contribution in [2.75, 3.05) is 0 Å². The highest BCUT2D eigenvalue weighted by Crippen LogP contribution is 2.07. The molecule has 1 rings (SSSR count). The molecule has 0 radical (unpaired) electrons. The molecular weight excluding hydrogens is 248 g/mol. The van der Waals surface area contributed by atoms with Crippen LogP contribution in [0.5, 0.6) is 0 Å². The first kappa shape index (κ1) is 14.4. The monoisotopic (exact) mass is 266 g/mol. The third-order valence-corrected chi connectivity index (χ3v) is 3.60. The Morgan fingerprint density at radius 2 is 2.28 bits per heavy atom. The van der Waals surface area contributed by atoms with Crippen molar-refractivity contribution < 1.29 is 8.42 Å². The minimum Gasteiger partial charge on any atom is -0.279 e. The zero-order chi connectivity index (χ0) is 13.4. The van der Waals surface area contributed by atoms with E-state index in [0.717, 1.165) is 19.3 Å². The summed E-state index contributed by atoms with van der Waals surface area (Å²) < 4.78 is 26.4. The molecule has 98 valence electrons. The molecule has 0 saturated heterocycles. The lowest BCUT2D eigenvalue weighted by atomic mass is 10.2. The van der Waals surface area contributed by atoms with Crippen LogP contribution in [0.1, 0.15) is 26.2 Å². The van der Waals surface area contributed by atoms with Crippen molar-refractivity contribution in [2.45, 2.75) is 31.2 Å². The maximum absolute atomic E-state index is 12.0. The highest BCUT2D eigenvalue weighted by Gasteiger charge is 2.14. The molecule has 0 bridgehead atoms. The van der Waals surface area contributed by atoms with Crippen molar-refractivity contribution >= 4 is 10.0 Å². The summed E-state index contributed by atoms with van der Waals surface area (Å²) in [6, 6.07) is 4.76. The SMILES string of the molecule is C=CC(=CCCCC)NS(=O)(=O)c1ccccn1. The van der Waals surface area contributed by atoms with Crippen molar-refractivity contribution in [1.82, 2.24) is 9.71 Å². The highest BCUT2D eigenvalue weighted by atomic mass is 32.2. The average molecular weight is 266 g/mol. The standard InChI is InChI=1S/C13H18N2O2S/c1-3-5-6-9-12(4-2)15-18(16,17)13-10-7-8-11-14-13/h4,7-11,15H,2-3,5-6H2,1H3. The van der Waals surface area contributed by atoms with Gasteiger partial charge in [-0.15, -0.1) is 0 Å². The van der Waals surface area contributed by atoms with Crippen LogP contribution >= 0.6 is 0 Å². The van der Waals surface area contributed by atoms with Gasteiger partial charge in [0.2, 0.25) is 0 Å². The van der Waals surface area contributed by atoms with Gasteiger partial charge in [0.15, 0.2) is 5.03 Å². The Morgan fingerprint density at radius 1 is 1.50 bits per heavy atom. The molecule has 0 fully saturated rings. The first-order chi connectivity index (χ1) is 8.60. The number of rotatable bonds is 7. The van der Waals surface area contributed by atoms with Crippen LogP contribution in [-0.2, 0) is 10.0 Å². The molecule has 1 heterocycles. The first-order valence-corrected chi connectivity index (χ1v) is 7.35. The highest BCUT2D eigenvalue weighted by molar-refractivity contribution is 7.89. The van der Waals surface area contributed by atoms with Gasteiger partial charge in [-0.1, -0.05) is 32.1 Å². The Hall–Kier alpha value is -1.62. The Kier molecular flexibility index (Phi) is 5.58. The van der Waals surface area contributed by atoms with Crippen molar-refractivity contribution in [3.05, 3.63) is 48.8 Å². The van der Waals surface area contributed by atoms with Gasteiger partial charge in [0.25, 0.3) is 10.0 Å². The van der Waals surface area contributed by atoms with Crippen LogP contribution in [0.4, 0.5) is 0 Å². The number of unbranched alkanes of at least 4 members (excludes halogenated alkanes) is 2. The molecule has 0 atom stereocenters. The van der Waals surface area contributed by atoms with Crippen LogP contribution in [0.25, 0.3) is 0 Å². The van der Waals surface area contributed by atoms with E-state index in [1.165, 1.54) is 18.3 Å². The van der Waals surface area contributed by atoms with Gasteiger partial charge in [0.05, 0.1) is 0 Å². The van der Waals surface area contributed by atoms with E-state index >= 15 is 0 Å². The lowest BCUT2D eigenvalue weighted by Gasteiger charge is -2.07. The summed E-state index contributed by atoms with van der Waals surface area (Å²) in [5.41, 5.74) is 0.495. The van der Waals surface area contributed by atoms with Crippen LogP contribution in [0, 0.1) is 0 Å². The summed E-state index contributed by atoms with van der Waals surface area (Å²) in [6.45, 7) is 5.68. The van der Waals surface area contributed by atoms with Gasteiger partial charge in [-0.05, 0) is 31.1 Å². The van der Waals surface area contributed by atoms with Crippen LogP contribution < -0.4 is 4.72 Å². The fourth-order valence-electron chi connectivity index (χ4n) is 1.34. The van der Waals surface area contributed by atoms with Gasteiger partial charge in [0, 0.05) is 11.9 Å². The molecule has 4 nitrogen and oxygen atoms in total. The van der Waals surface area contributed by atoms with Crippen molar-refractivity contribution in [3.8, 4) is 0 Å². The van der Waals surface area contributed by atoms with E-state index in [1.54, 1.807) is 12.1 Å². The maximum atomic E-state index is 12.0. The number of nitrogens with zero attached hydrogens (tertiary/aromatic N) is 1. The van der Waals surface area contributed by atoms with Crippen molar-refractivity contribution in [3.63, 3.8) is 0 Å². The van der Waals surface area contributed by atoms with Crippen LogP contribution in [0.2, 0.25) is 0 Å². The number of hydrogen-bond donors (Lipinski definition) is 1.